The van der Waals surface area contributed by atoms with E-state index < -0.39 is 0 Å². The van der Waals surface area contributed by atoms with Gasteiger partial charge in [-0.25, -0.2) is 0 Å². The zero-order valence-corrected chi connectivity index (χ0v) is 36.7. The molecule has 0 aromatic rings. The molecule has 0 amide bonds. The van der Waals surface area contributed by atoms with Crippen LogP contribution in [-0.4, -0.2) is 46.1 Å². The fraction of sp³-hybridized carbons (Fsp3) is 1.00. The molecular formula is C54H90N2. The number of hydrogen-bond acceptors (Lipinski definition) is 2. The van der Waals surface area contributed by atoms with E-state index in [4.69, 9.17) is 0 Å². The Labute approximate surface area is 347 Å². The van der Waals surface area contributed by atoms with Gasteiger partial charge in [-0.05, 0) is 199 Å². The highest BCUT2D eigenvalue weighted by Gasteiger charge is 2.59. The second kappa shape index (κ2) is 17.4. The number of nitrogens with zero attached hydrogens (tertiary/aromatic N) is 2. The maximum absolute atomic E-state index is 3.57. The average Bonchev–Trinajstić information content (AvgIpc) is 3.27. The van der Waals surface area contributed by atoms with Crippen molar-refractivity contribution in [1.82, 2.24) is 9.80 Å². The molecule has 14 atom stereocenters. The van der Waals surface area contributed by atoms with Gasteiger partial charge in [-0.15, -0.1) is 0 Å². The molecule has 0 bridgehead atoms. The van der Waals surface area contributed by atoms with Gasteiger partial charge in [0.2, 0.25) is 0 Å². The van der Waals surface area contributed by atoms with Crippen molar-refractivity contribution in [3.63, 3.8) is 0 Å². The fourth-order valence-electron chi connectivity index (χ4n) is 19.9. The summed E-state index contributed by atoms with van der Waals surface area (Å²) in [6.45, 7) is 0. The van der Waals surface area contributed by atoms with E-state index in [0.29, 0.717) is 0 Å². The van der Waals surface area contributed by atoms with Gasteiger partial charge in [0.1, 0.15) is 0 Å². The van der Waals surface area contributed by atoms with Gasteiger partial charge in [-0.2, -0.15) is 0 Å². The molecule has 11 rings (SSSR count). The Morgan fingerprint density at radius 1 is 0.196 bits per heavy atom. The minimum absolute atomic E-state index is 0.919. The van der Waals surface area contributed by atoms with E-state index in [-0.39, 0.29) is 0 Å². The van der Waals surface area contributed by atoms with Gasteiger partial charge in [-0.1, -0.05) is 103 Å². The molecule has 0 aliphatic heterocycles. The summed E-state index contributed by atoms with van der Waals surface area (Å²) in [5.74, 6) is 12.8. The Morgan fingerprint density at radius 2 is 0.482 bits per heavy atom. The van der Waals surface area contributed by atoms with Crippen LogP contribution in [0.3, 0.4) is 0 Å². The summed E-state index contributed by atoms with van der Waals surface area (Å²) < 4.78 is 0. The van der Waals surface area contributed by atoms with Gasteiger partial charge in [-0.3, -0.25) is 9.80 Å². The SMILES string of the molecule is C1CCC(N(C2CCC3CCC4CCCCC4C3C2)C2C3CCCCC3C(N(C3CCCCC3)C3CCC4CCC5CCCCC5C4C3)C3CCCCC32)CC1. The topological polar surface area (TPSA) is 6.48 Å². The van der Waals surface area contributed by atoms with Crippen molar-refractivity contribution in [2.24, 2.45) is 71.0 Å². The second-order valence-electron chi connectivity index (χ2n) is 24.0. The molecule has 0 spiro atoms. The lowest BCUT2D eigenvalue weighted by Crippen LogP contribution is -2.69. The van der Waals surface area contributed by atoms with Gasteiger partial charge in [0, 0.05) is 36.3 Å². The third kappa shape index (κ3) is 7.29. The molecule has 11 aliphatic rings. The highest BCUT2D eigenvalue weighted by atomic mass is 15.3. The van der Waals surface area contributed by atoms with Crippen molar-refractivity contribution in [2.45, 2.75) is 267 Å². The summed E-state index contributed by atoms with van der Waals surface area (Å²) in [6, 6.07) is 5.55. The van der Waals surface area contributed by atoms with Crippen molar-refractivity contribution in [2.75, 3.05) is 0 Å². The lowest BCUT2D eigenvalue weighted by atomic mass is 9.52. The van der Waals surface area contributed by atoms with Crippen LogP contribution in [0.4, 0.5) is 0 Å². The molecule has 0 N–H and O–H groups in total. The van der Waals surface area contributed by atoms with Crippen LogP contribution in [0.2, 0.25) is 0 Å². The van der Waals surface area contributed by atoms with E-state index in [0.717, 1.165) is 107 Å². The highest BCUT2D eigenvalue weighted by molar-refractivity contribution is 5.11. The minimum Gasteiger partial charge on any atom is -0.294 e. The molecule has 56 heavy (non-hydrogen) atoms. The number of fused-ring (bicyclic) bond motifs is 8. The van der Waals surface area contributed by atoms with Crippen molar-refractivity contribution in [3.8, 4) is 0 Å². The largest absolute Gasteiger partial charge is 0.294 e. The second-order valence-corrected chi connectivity index (χ2v) is 24.0. The molecule has 2 nitrogen and oxygen atoms in total. The summed E-state index contributed by atoms with van der Waals surface area (Å²) in [7, 11) is 0. The predicted molar refractivity (Wildman–Crippen MR) is 234 cm³/mol. The summed E-state index contributed by atoms with van der Waals surface area (Å²) in [5, 5.41) is 0. The summed E-state index contributed by atoms with van der Waals surface area (Å²) in [6.07, 6.45) is 56.5. The minimum atomic E-state index is 0.919. The number of rotatable bonds is 6. The van der Waals surface area contributed by atoms with Crippen molar-refractivity contribution < 1.29 is 0 Å². The third-order valence-corrected chi connectivity index (χ3v) is 21.9. The van der Waals surface area contributed by atoms with E-state index in [2.05, 4.69) is 9.80 Å². The van der Waals surface area contributed by atoms with E-state index in [1.807, 2.05) is 0 Å². The van der Waals surface area contributed by atoms with Crippen molar-refractivity contribution >= 4 is 0 Å². The van der Waals surface area contributed by atoms with E-state index in [9.17, 15) is 0 Å². The normalized spacial score (nSPS) is 49.2. The first-order valence-electron chi connectivity index (χ1n) is 27.3. The van der Waals surface area contributed by atoms with Crippen molar-refractivity contribution in [1.29, 1.82) is 0 Å². The molecule has 0 aromatic heterocycles. The Morgan fingerprint density at radius 3 is 0.857 bits per heavy atom. The molecule has 2 heteroatoms. The first-order valence-corrected chi connectivity index (χ1v) is 27.3. The maximum atomic E-state index is 3.57. The maximum Gasteiger partial charge on any atom is 0.0164 e. The van der Waals surface area contributed by atoms with Crippen LogP contribution in [0.1, 0.15) is 231 Å². The van der Waals surface area contributed by atoms with Crippen LogP contribution < -0.4 is 0 Å². The van der Waals surface area contributed by atoms with Gasteiger partial charge in [0.15, 0.2) is 0 Å². The van der Waals surface area contributed by atoms with Gasteiger partial charge < -0.3 is 0 Å². The Hall–Kier alpha value is -0.0800. The molecule has 11 fully saturated rings. The molecule has 316 valence electrons. The molecule has 0 aromatic carbocycles. The quantitative estimate of drug-likeness (QED) is 0.266. The van der Waals surface area contributed by atoms with Gasteiger partial charge >= 0.3 is 0 Å². The molecule has 0 saturated heterocycles. The van der Waals surface area contributed by atoms with Crippen LogP contribution in [0, 0.1) is 71.0 Å². The molecular weight excluding hydrogens is 677 g/mol. The molecule has 0 radical (unpaired) electrons. The number of hydrogen-bond donors (Lipinski definition) is 0. The van der Waals surface area contributed by atoms with E-state index >= 15 is 0 Å². The lowest BCUT2D eigenvalue weighted by molar-refractivity contribution is -0.156. The van der Waals surface area contributed by atoms with Crippen molar-refractivity contribution in [3.05, 3.63) is 0 Å². The standard InChI is InChI=1S/C54H90N2/c1-3-17-41(18-4-1)55(43-33-31-39-29-27-37-15-7-9-21-45(37)51(39)35-43)53-47-23-11-13-25-49(47)54(50-26-14-12-24-48(50)53)56(42-19-5-2-6-20-42)44-34-32-40-30-28-38-16-8-10-22-46(38)52(40)36-44/h37-54H,1-36H2. The first kappa shape index (κ1) is 38.8. The van der Waals surface area contributed by atoms with Crippen LogP contribution in [-0.2, 0) is 0 Å². The smallest absolute Gasteiger partial charge is 0.0164 e. The van der Waals surface area contributed by atoms with Gasteiger partial charge in [0.05, 0.1) is 0 Å². The zero-order chi connectivity index (χ0) is 37.0. The van der Waals surface area contributed by atoms with Crippen LogP contribution in [0.25, 0.3) is 0 Å². The monoisotopic (exact) mass is 767 g/mol. The fourth-order valence-corrected chi connectivity index (χ4v) is 19.9. The zero-order valence-electron chi connectivity index (χ0n) is 36.7. The summed E-state index contributed by atoms with van der Waals surface area (Å²) in [5.41, 5.74) is 0. The highest BCUT2D eigenvalue weighted by Crippen LogP contribution is 2.60. The molecule has 11 aliphatic carbocycles. The summed E-state index contributed by atoms with van der Waals surface area (Å²) >= 11 is 0. The van der Waals surface area contributed by atoms with E-state index in [1.165, 1.54) is 38.5 Å². The lowest BCUT2D eigenvalue weighted by Gasteiger charge is -2.65. The molecule has 14 unspecified atom stereocenters. The third-order valence-electron chi connectivity index (χ3n) is 21.9. The Bertz CT molecular complexity index is 1140. The molecule has 11 saturated carbocycles. The van der Waals surface area contributed by atoms with Crippen LogP contribution in [0.5, 0.6) is 0 Å². The van der Waals surface area contributed by atoms with Crippen LogP contribution >= 0.6 is 0 Å². The van der Waals surface area contributed by atoms with Crippen LogP contribution in [0.15, 0.2) is 0 Å². The first-order chi connectivity index (χ1) is 27.8. The summed E-state index contributed by atoms with van der Waals surface area (Å²) in [4.78, 5) is 7.15. The Balaban J connectivity index is 0.938. The van der Waals surface area contributed by atoms with E-state index in [1.54, 1.807) is 193 Å². The average molecular weight is 767 g/mol. The molecule has 0 heterocycles. The Kier molecular flexibility index (Phi) is 12.0. The predicted octanol–water partition coefficient (Wildman–Crippen LogP) is 14.4. The van der Waals surface area contributed by atoms with Gasteiger partial charge in [0.25, 0.3) is 0 Å².